The van der Waals surface area contributed by atoms with Gasteiger partial charge in [-0.15, -0.1) is 0 Å². The zero-order valence-electron chi connectivity index (χ0n) is 7.66. The van der Waals surface area contributed by atoms with Gasteiger partial charge in [0.1, 0.15) is 0 Å². The number of carbonyl (C=O) groups is 1. The summed E-state index contributed by atoms with van der Waals surface area (Å²) in [5.41, 5.74) is 0.134. The van der Waals surface area contributed by atoms with Gasteiger partial charge >= 0.3 is 5.97 Å². The minimum absolute atomic E-state index is 0.134. The highest BCUT2D eigenvalue weighted by atomic mass is 16.5. The second kappa shape index (κ2) is 3.27. The molecule has 2 fully saturated rings. The molecular formula is C9H15NO3. The second-order valence-electron chi connectivity index (χ2n) is 3.95. The summed E-state index contributed by atoms with van der Waals surface area (Å²) < 4.78 is 5.54. The maximum Gasteiger partial charge on any atom is 0.317 e. The summed E-state index contributed by atoms with van der Waals surface area (Å²) in [6.45, 7) is 2.80. The number of aliphatic carboxylic acids is 1. The van der Waals surface area contributed by atoms with E-state index in [1.165, 1.54) is 0 Å². The summed E-state index contributed by atoms with van der Waals surface area (Å²) in [5.74, 6) is -0.731. The summed E-state index contributed by atoms with van der Waals surface area (Å²) >= 11 is 0. The van der Waals surface area contributed by atoms with Gasteiger partial charge in [0.2, 0.25) is 0 Å². The summed E-state index contributed by atoms with van der Waals surface area (Å²) in [7, 11) is 0. The SMILES string of the molecule is O=C(O)CN1CCC2(CCO2)CC1. The van der Waals surface area contributed by atoms with E-state index in [0.29, 0.717) is 0 Å². The first-order chi connectivity index (χ1) is 6.20. The predicted molar refractivity (Wildman–Crippen MR) is 46.6 cm³/mol. The maximum absolute atomic E-state index is 10.4. The van der Waals surface area contributed by atoms with E-state index in [9.17, 15) is 4.79 Å². The van der Waals surface area contributed by atoms with E-state index in [1.807, 2.05) is 4.90 Å². The van der Waals surface area contributed by atoms with Gasteiger partial charge in [-0.05, 0) is 19.3 Å². The molecule has 13 heavy (non-hydrogen) atoms. The van der Waals surface area contributed by atoms with Crippen molar-refractivity contribution in [2.24, 2.45) is 0 Å². The van der Waals surface area contributed by atoms with Crippen LogP contribution in [0.15, 0.2) is 0 Å². The topological polar surface area (TPSA) is 49.8 Å². The number of ether oxygens (including phenoxy) is 1. The Labute approximate surface area is 77.5 Å². The molecule has 74 valence electrons. The normalized spacial score (nSPS) is 27.1. The van der Waals surface area contributed by atoms with Crippen LogP contribution in [-0.4, -0.2) is 47.8 Å². The van der Waals surface area contributed by atoms with Crippen molar-refractivity contribution in [1.82, 2.24) is 4.90 Å². The molecule has 0 unspecified atom stereocenters. The van der Waals surface area contributed by atoms with Crippen molar-refractivity contribution < 1.29 is 14.6 Å². The molecule has 0 aromatic rings. The van der Waals surface area contributed by atoms with E-state index in [1.54, 1.807) is 0 Å². The molecule has 4 heteroatoms. The average Bonchev–Trinajstić information content (AvgIpc) is 2.02. The lowest BCUT2D eigenvalue weighted by Gasteiger charge is -2.47. The minimum Gasteiger partial charge on any atom is -0.480 e. The number of carboxylic acids is 1. The number of hydrogen-bond acceptors (Lipinski definition) is 3. The molecule has 2 rings (SSSR count). The Bertz CT molecular complexity index is 203. The second-order valence-corrected chi connectivity index (χ2v) is 3.95. The van der Waals surface area contributed by atoms with Crippen LogP contribution in [0.25, 0.3) is 0 Å². The largest absolute Gasteiger partial charge is 0.480 e. The predicted octanol–water partition coefficient (Wildman–Crippen LogP) is 0.326. The zero-order chi connectivity index (χ0) is 9.31. The molecule has 2 saturated heterocycles. The maximum atomic E-state index is 10.4. The summed E-state index contributed by atoms with van der Waals surface area (Å²) in [6.07, 6.45) is 3.16. The fourth-order valence-electron chi connectivity index (χ4n) is 2.10. The molecule has 0 bridgehead atoms. The van der Waals surface area contributed by atoms with E-state index in [0.717, 1.165) is 39.0 Å². The Morgan fingerprint density at radius 3 is 2.38 bits per heavy atom. The number of carboxylic acid groups (broad SMARTS) is 1. The van der Waals surface area contributed by atoms with Crippen molar-refractivity contribution in [1.29, 1.82) is 0 Å². The molecule has 0 saturated carbocycles. The van der Waals surface area contributed by atoms with Gasteiger partial charge in [-0.3, -0.25) is 9.69 Å². The summed E-state index contributed by atoms with van der Waals surface area (Å²) in [5, 5.41) is 8.59. The standard InChI is InChI=1S/C9H15NO3/c11-8(12)7-10-4-1-9(2-5-10)3-6-13-9/h1-7H2,(H,11,12). The van der Waals surface area contributed by atoms with Crippen LogP contribution in [0.4, 0.5) is 0 Å². The van der Waals surface area contributed by atoms with Gasteiger partial charge in [0.05, 0.1) is 18.8 Å². The number of likely N-dealkylation sites (tertiary alicyclic amines) is 1. The van der Waals surface area contributed by atoms with E-state index < -0.39 is 5.97 Å². The fourth-order valence-corrected chi connectivity index (χ4v) is 2.10. The smallest absolute Gasteiger partial charge is 0.317 e. The van der Waals surface area contributed by atoms with Crippen LogP contribution in [0.3, 0.4) is 0 Å². The van der Waals surface area contributed by atoms with Gasteiger partial charge in [-0.25, -0.2) is 0 Å². The van der Waals surface area contributed by atoms with Crippen LogP contribution in [0, 0.1) is 0 Å². The molecular weight excluding hydrogens is 170 g/mol. The Balaban J connectivity index is 1.79. The van der Waals surface area contributed by atoms with Crippen molar-refractivity contribution in [3.05, 3.63) is 0 Å². The van der Waals surface area contributed by atoms with Crippen LogP contribution >= 0.6 is 0 Å². The van der Waals surface area contributed by atoms with Gasteiger partial charge < -0.3 is 9.84 Å². The lowest BCUT2D eigenvalue weighted by Crippen LogP contribution is -2.52. The molecule has 0 radical (unpaired) electrons. The molecule has 2 aliphatic heterocycles. The molecule has 0 aromatic carbocycles. The van der Waals surface area contributed by atoms with Crippen molar-refractivity contribution >= 4 is 5.97 Å². The third-order valence-electron chi connectivity index (χ3n) is 3.09. The van der Waals surface area contributed by atoms with E-state index in [-0.39, 0.29) is 12.1 Å². The molecule has 2 aliphatic rings. The van der Waals surface area contributed by atoms with Gasteiger partial charge in [-0.2, -0.15) is 0 Å². The highest BCUT2D eigenvalue weighted by Gasteiger charge is 2.41. The summed E-state index contributed by atoms with van der Waals surface area (Å²) in [6, 6.07) is 0. The molecule has 0 atom stereocenters. The Kier molecular flexibility index (Phi) is 2.26. The van der Waals surface area contributed by atoms with Crippen molar-refractivity contribution in [2.75, 3.05) is 26.2 Å². The Hall–Kier alpha value is -0.610. The molecule has 1 spiro atoms. The van der Waals surface area contributed by atoms with Crippen molar-refractivity contribution in [3.63, 3.8) is 0 Å². The Morgan fingerprint density at radius 2 is 2.00 bits per heavy atom. The quantitative estimate of drug-likeness (QED) is 0.673. The highest BCUT2D eigenvalue weighted by molar-refractivity contribution is 5.69. The van der Waals surface area contributed by atoms with E-state index in [4.69, 9.17) is 9.84 Å². The fraction of sp³-hybridized carbons (Fsp3) is 0.889. The van der Waals surface area contributed by atoms with Crippen molar-refractivity contribution in [2.45, 2.75) is 24.9 Å². The molecule has 1 N–H and O–H groups in total. The first kappa shape index (κ1) is 8.97. The highest BCUT2D eigenvalue weighted by Crippen LogP contribution is 2.36. The van der Waals surface area contributed by atoms with E-state index in [2.05, 4.69) is 0 Å². The first-order valence-corrected chi connectivity index (χ1v) is 4.78. The lowest BCUT2D eigenvalue weighted by atomic mass is 9.84. The monoisotopic (exact) mass is 185 g/mol. The average molecular weight is 185 g/mol. The molecule has 0 aliphatic carbocycles. The summed E-state index contributed by atoms with van der Waals surface area (Å²) in [4.78, 5) is 12.4. The Morgan fingerprint density at radius 1 is 1.38 bits per heavy atom. The first-order valence-electron chi connectivity index (χ1n) is 4.78. The van der Waals surface area contributed by atoms with Crippen LogP contribution in [-0.2, 0) is 9.53 Å². The van der Waals surface area contributed by atoms with Crippen LogP contribution in [0.1, 0.15) is 19.3 Å². The molecule has 0 aromatic heterocycles. The number of nitrogens with zero attached hydrogens (tertiary/aromatic N) is 1. The van der Waals surface area contributed by atoms with Gasteiger partial charge in [0, 0.05) is 13.1 Å². The van der Waals surface area contributed by atoms with Gasteiger partial charge in [-0.1, -0.05) is 0 Å². The van der Waals surface area contributed by atoms with Crippen molar-refractivity contribution in [3.8, 4) is 0 Å². The third kappa shape index (κ3) is 1.84. The van der Waals surface area contributed by atoms with Crippen LogP contribution in [0.5, 0.6) is 0 Å². The zero-order valence-corrected chi connectivity index (χ0v) is 7.66. The molecule has 0 amide bonds. The number of hydrogen-bond donors (Lipinski definition) is 1. The van der Waals surface area contributed by atoms with Gasteiger partial charge in [0.15, 0.2) is 0 Å². The van der Waals surface area contributed by atoms with Crippen LogP contribution < -0.4 is 0 Å². The lowest BCUT2D eigenvalue weighted by molar-refractivity contribution is -0.174. The third-order valence-corrected chi connectivity index (χ3v) is 3.09. The van der Waals surface area contributed by atoms with Crippen LogP contribution in [0.2, 0.25) is 0 Å². The molecule has 2 heterocycles. The van der Waals surface area contributed by atoms with Gasteiger partial charge in [0.25, 0.3) is 0 Å². The number of rotatable bonds is 2. The minimum atomic E-state index is -0.731. The number of piperidine rings is 1. The van der Waals surface area contributed by atoms with E-state index >= 15 is 0 Å². The molecule has 4 nitrogen and oxygen atoms in total.